The van der Waals surface area contributed by atoms with E-state index in [4.69, 9.17) is 19.3 Å². The molecule has 0 radical (unpaired) electrons. The molecule has 41 heavy (non-hydrogen) atoms. The number of ether oxygens (including phenoxy) is 4. The molecule has 2 aromatic carbocycles. The van der Waals surface area contributed by atoms with E-state index >= 15 is 0 Å². The Bertz CT molecular complexity index is 1640. The number of carboxylic acid groups (broad SMARTS) is 1. The van der Waals surface area contributed by atoms with E-state index in [0.29, 0.717) is 5.75 Å². The normalized spacial score (nSPS) is 12.0. The molecule has 12 nitrogen and oxygen atoms in total. The number of fused-ring (bicyclic) bond motifs is 1. The van der Waals surface area contributed by atoms with E-state index in [1.807, 2.05) is 0 Å². The van der Waals surface area contributed by atoms with Crippen molar-refractivity contribution >= 4 is 67.8 Å². The summed E-state index contributed by atoms with van der Waals surface area (Å²) in [5, 5.41) is 8.36. The Morgan fingerprint density at radius 1 is 1.10 bits per heavy atom. The monoisotopic (exact) mass is 621 g/mol. The molecule has 1 unspecified atom stereocenters. The number of rotatable bonds is 12. The first-order chi connectivity index (χ1) is 19.0. The van der Waals surface area contributed by atoms with Crippen LogP contribution in [0.15, 0.2) is 64.8 Å². The fourth-order valence-electron chi connectivity index (χ4n) is 3.67. The van der Waals surface area contributed by atoms with E-state index in [2.05, 4.69) is 14.7 Å². The van der Waals surface area contributed by atoms with Gasteiger partial charge in [0.25, 0.3) is 10.0 Å². The molecule has 0 aliphatic rings. The van der Waals surface area contributed by atoms with E-state index in [-0.39, 0.29) is 74.2 Å². The van der Waals surface area contributed by atoms with Gasteiger partial charge in [-0.25, -0.2) is 13.2 Å². The Labute approximate surface area is 257 Å². The predicted octanol–water partition coefficient (Wildman–Crippen LogP) is 2.41. The molecule has 1 atom stereocenters. The van der Waals surface area contributed by atoms with Crippen molar-refractivity contribution in [3.8, 4) is 23.0 Å². The minimum absolute atomic E-state index is 0. The molecular weight excluding hydrogens is 599 g/mol. The number of pyridine rings is 1. The number of benzene rings is 2. The van der Waals surface area contributed by atoms with E-state index in [1.165, 1.54) is 56.8 Å². The van der Waals surface area contributed by atoms with Crippen LogP contribution in [0.5, 0.6) is 23.0 Å². The zero-order valence-electron chi connectivity index (χ0n) is 20.8. The van der Waals surface area contributed by atoms with Gasteiger partial charge >= 0.3 is 47.3 Å². The van der Waals surface area contributed by atoms with Gasteiger partial charge in [0.2, 0.25) is 0 Å². The number of alkyl halides is 2. The molecule has 4 rings (SSSR count). The van der Waals surface area contributed by atoms with E-state index in [1.54, 1.807) is 0 Å². The molecule has 0 bridgehead atoms. The van der Waals surface area contributed by atoms with E-state index in [9.17, 15) is 26.5 Å². The quantitative estimate of drug-likeness (QED) is 0.183. The number of hydrogen-bond acceptors (Lipinski definition) is 10. The molecule has 214 valence electrons. The van der Waals surface area contributed by atoms with Gasteiger partial charge in [-0.1, -0.05) is 0 Å². The summed E-state index contributed by atoms with van der Waals surface area (Å²) < 4.78 is 87.5. The third-order valence-electron chi connectivity index (χ3n) is 5.34. The molecule has 0 saturated heterocycles. The van der Waals surface area contributed by atoms with Crippen LogP contribution in [0.3, 0.4) is 0 Å². The number of carboxylic acids is 1. The zero-order chi connectivity index (χ0) is 29.0. The average molecular weight is 622 g/mol. The summed E-state index contributed by atoms with van der Waals surface area (Å²) in [6, 6.07) is 9.81. The summed E-state index contributed by atoms with van der Waals surface area (Å²) in [5.74, 6) is -1.23. The second-order valence-electron chi connectivity index (χ2n) is 7.83. The fraction of sp³-hybridized carbons (Fsp3) is 0.208. The van der Waals surface area contributed by atoms with E-state index in [0.717, 1.165) is 16.1 Å². The van der Waals surface area contributed by atoms with Gasteiger partial charge in [0, 0.05) is 29.5 Å². The van der Waals surface area contributed by atoms with Crippen molar-refractivity contribution in [2.75, 3.05) is 20.8 Å². The Morgan fingerprint density at radius 3 is 2.39 bits per heavy atom. The average Bonchev–Trinajstić information content (AvgIpc) is 3.31. The van der Waals surface area contributed by atoms with Crippen LogP contribution in [0, 0.1) is 0 Å². The van der Waals surface area contributed by atoms with Crippen molar-refractivity contribution < 1.29 is 50.6 Å². The second kappa shape index (κ2) is 13.7. The summed E-state index contributed by atoms with van der Waals surface area (Å²) in [6.45, 7) is -3.77. The molecule has 17 heteroatoms. The topological polar surface area (TPSA) is 162 Å². The first-order valence-corrected chi connectivity index (χ1v) is 13.9. The molecular formula is C24H22F2N3NaO9S2. The number of nitrogens with zero attached hydrogens (tertiary/aromatic N) is 3. The van der Waals surface area contributed by atoms with Crippen molar-refractivity contribution in [3.05, 3.63) is 60.4 Å². The van der Waals surface area contributed by atoms with Crippen LogP contribution in [0.25, 0.3) is 11.0 Å². The van der Waals surface area contributed by atoms with E-state index < -0.39 is 45.5 Å². The Kier molecular flexibility index (Phi) is 10.8. The summed E-state index contributed by atoms with van der Waals surface area (Å²) in [6.07, 6.45) is 1.40. The SMILES string of the molecule is COc1ccnc(C[S+]([O-])c2nc3cc(OC(F)F)ccc3n2S(=O)(=O)c2ccc(OCC(=O)O)cc2)c1OC.[NaH]. The van der Waals surface area contributed by atoms with Crippen molar-refractivity contribution in [1.82, 2.24) is 13.9 Å². The van der Waals surface area contributed by atoms with Gasteiger partial charge in [-0.05, 0) is 36.4 Å². The number of hydrogen-bond donors (Lipinski definition) is 1. The van der Waals surface area contributed by atoms with Crippen LogP contribution in [-0.2, 0) is 31.7 Å². The molecule has 1 N–H and O–H groups in total. The van der Waals surface area contributed by atoms with Crippen LogP contribution in [-0.4, -0.2) is 95.0 Å². The van der Waals surface area contributed by atoms with Gasteiger partial charge in [-0.2, -0.15) is 17.7 Å². The van der Waals surface area contributed by atoms with Crippen molar-refractivity contribution in [2.24, 2.45) is 0 Å². The Morgan fingerprint density at radius 2 is 1.78 bits per heavy atom. The van der Waals surface area contributed by atoms with Gasteiger partial charge in [-0.3, -0.25) is 4.98 Å². The van der Waals surface area contributed by atoms with Crippen LogP contribution in [0.4, 0.5) is 8.78 Å². The molecule has 0 spiro atoms. The standard InChI is InChI=1S/C24H21F2N3O9S2.Na.H/c1-35-20-9-10-27-18(22(20)36-2)13-39(32)24-28-17-11-15(38-23(25)26)5-8-19(17)29(24)40(33,34)16-6-3-14(4-7-16)37-12-21(30)31;;/h3-11,23H,12-13H2,1-2H3,(H,30,31);;. The second-order valence-corrected chi connectivity index (χ2v) is 11.0. The van der Waals surface area contributed by atoms with Crippen molar-refractivity contribution in [3.63, 3.8) is 0 Å². The number of methoxy groups -OCH3 is 2. The molecule has 0 fully saturated rings. The van der Waals surface area contributed by atoms with Gasteiger partial charge < -0.3 is 28.6 Å². The molecule has 0 aliphatic heterocycles. The van der Waals surface area contributed by atoms with Crippen LogP contribution in [0.1, 0.15) is 5.69 Å². The van der Waals surface area contributed by atoms with Crippen LogP contribution < -0.4 is 18.9 Å². The zero-order valence-corrected chi connectivity index (χ0v) is 22.4. The minimum atomic E-state index is -4.48. The first-order valence-electron chi connectivity index (χ1n) is 11.2. The maximum atomic E-state index is 13.8. The number of aliphatic carboxylic acids is 1. The molecule has 0 aliphatic carbocycles. The van der Waals surface area contributed by atoms with Gasteiger partial charge in [-0.15, -0.1) is 0 Å². The summed E-state index contributed by atoms with van der Waals surface area (Å²) in [4.78, 5) is 18.8. The number of imidazole rings is 1. The van der Waals surface area contributed by atoms with Crippen LogP contribution >= 0.6 is 0 Å². The van der Waals surface area contributed by atoms with Crippen LogP contribution in [0.2, 0.25) is 0 Å². The third-order valence-corrected chi connectivity index (χ3v) is 8.39. The van der Waals surface area contributed by atoms with Crippen molar-refractivity contribution in [1.29, 1.82) is 0 Å². The first kappa shape index (κ1) is 32.4. The number of carbonyl (C=O) groups is 1. The number of halogens is 2. The molecule has 2 aromatic heterocycles. The van der Waals surface area contributed by atoms with Gasteiger partial charge in [0.1, 0.15) is 17.2 Å². The molecule has 2 heterocycles. The summed E-state index contributed by atoms with van der Waals surface area (Å²) >= 11 is -2.16. The Balaban J connectivity index is 0.00000462. The maximum absolute atomic E-state index is 13.8. The summed E-state index contributed by atoms with van der Waals surface area (Å²) in [5.41, 5.74) is 0.0663. The summed E-state index contributed by atoms with van der Waals surface area (Å²) in [7, 11) is -1.71. The fourth-order valence-corrected chi connectivity index (χ4v) is 6.63. The molecule has 0 saturated carbocycles. The Hall–Kier alpha value is -3.15. The number of aromatic nitrogens is 3. The predicted molar refractivity (Wildman–Crippen MR) is 143 cm³/mol. The van der Waals surface area contributed by atoms with Gasteiger partial charge in [0.15, 0.2) is 23.9 Å². The molecule has 4 aromatic rings. The van der Waals surface area contributed by atoms with Gasteiger partial charge in [0.05, 0.1) is 30.1 Å². The van der Waals surface area contributed by atoms with Crippen molar-refractivity contribution in [2.45, 2.75) is 22.4 Å². The molecule has 0 amide bonds. The third kappa shape index (κ3) is 7.20.